The summed E-state index contributed by atoms with van der Waals surface area (Å²) in [6.07, 6.45) is 10.4. The van der Waals surface area contributed by atoms with Crippen molar-refractivity contribution in [3.05, 3.63) is 59.7 Å². The minimum absolute atomic E-state index is 0.450. The lowest BCUT2D eigenvalue weighted by atomic mass is 9.80. The average molecular weight is 281 g/mol. The maximum absolute atomic E-state index is 4.69. The Kier molecular flexibility index (Phi) is 4.61. The SMILES string of the molecule is CCNC(Cc1ccncc1)C1CCCc2cccnc21. The third-order valence-corrected chi connectivity index (χ3v) is 4.40. The van der Waals surface area contributed by atoms with Crippen molar-refractivity contribution < 1.29 is 0 Å². The van der Waals surface area contributed by atoms with Crippen molar-refractivity contribution in [1.29, 1.82) is 0 Å². The Hall–Kier alpha value is -1.74. The van der Waals surface area contributed by atoms with Crippen LogP contribution in [0.3, 0.4) is 0 Å². The van der Waals surface area contributed by atoms with Gasteiger partial charge in [0.25, 0.3) is 0 Å². The lowest BCUT2D eigenvalue weighted by Gasteiger charge is -2.32. The van der Waals surface area contributed by atoms with Crippen molar-refractivity contribution in [2.45, 2.75) is 44.6 Å². The first-order valence-electron chi connectivity index (χ1n) is 7.94. The van der Waals surface area contributed by atoms with Crippen molar-refractivity contribution in [3.63, 3.8) is 0 Å². The number of likely N-dealkylation sites (N-methyl/N-ethyl adjacent to an activating group) is 1. The van der Waals surface area contributed by atoms with Gasteiger partial charge < -0.3 is 5.32 Å². The average Bonchev–Trinajstić information content (AvgIpc) is 2.55. The van der Waals surface area contributed by atoms with Crippen LogP contribution in [0.1, 0.15) is 42.5 Å². The zero-order valence-electron chi connectivity index (χ0n) is 12.6. The summed E-state index contributed by atoms with van der Waals surface area (Å²) >= 11 is 0. The molecule has 2 aromatic heterocycles. The van der Waals surface area contributed by atoms with E-state index >= 15 is 0 Å². The number of pyridine rings is 2. The van der Waals surface area contributed by atoms with Crippen molar-refractivity contribution in [3.8, 4) is 0 Å². The fraction of sp³-hybridized carbons (Fsp3) is 0.444. The number of aryl methyl sites for hydroxylation is 1. The zero-order valence-corrected chi connectivity index (χ0v) is 12.6. The van der Waals surface area contributed by atoms with Gasteiger partial charge in [0.1, 0.15) is 0 Å². The predicted molar refractivity (Wildman–Crippen MR) is 85.3 cm³/mol. The van der Waals surface area contributed by atoms with E-state index in [1.54, 1.807) is 0 Å². The minimum Gasteiger partial charge on any atom is -0.313 e. The van der Waals surface area contributed by atoms with E-state index in [0.29, 0.717) is 12.0 Å². The molecule has 0 aliphatic heterocycles. The van der Waals surface area contributed by atoms with Crippen LogP contribution < -0.4 is 5.32 Å². The molecule has 3 heteroatoms. The number of hydrogen-bond acceptors (Lipinski definition) is 3. The number of hydrogen-bond donors (Lipinski definition) is 1. The molecular weight excluding hydrogens is 258 g/mol. The topological polar surface area (TPSA) is 37.8 Å². The van der Waals surface area contributed by atoms with E-state index in [4.69, 9.17) is 4.98 Å². The third-order valence-electron chi connectivity index (χ3n) is 4.40. The molecule has 2 atom stereocenters. The molecule has 0 saturated carbocycles. The number of nitrogens with zero attached hydrogens (tertiary/aromatic N) is 2. The second-order valence-electron chi connectivity index (χ2n) is 5.77. The Labute approximate surface area is 126 Å². The van der Waals surface area contributed by atoms with E-state index in [1.807, 2.05) is 18.6 Å². The van der Waals surface area contributed by atoms with E-state index in [9.17, 15) is 0 Å². The summed E-state index contributed by atoms with van der Waals surface area (Å²) in [5.41, 5.74) is 4.09. The second-order valence-corrected chi connectivity index (χ2v) is 5.77. The molecule has 2 heterocycles. The van der Waals surface area contributed by atoms with Crippen molar-refractivity contribution in [1.82, 2.24) is 15.3 Å². The summed E-state index contributed by atoms with van der Waals surface area (Å²) in [5.74, 6) is 0.517. The summed E-state index contributed by atoms with van der Waals surface area (Å²) in [7, 11) is 0. The molecule has 3 rings (SSSR count). The molecular formula is C18H23N3. The molecule has 0 amide bonds. The Balaban J connectivity index is 1.84. The van der Waals surface area contributed by atoms with Crippen LogP contribution >= 0.6 is 0 Å². The molecule has 0 spiro atoms. The summed E-state index contributed by atoms with van der Waals surface area (Å²) in [6, 6.07) is 8.99. The van der Waals surface area contributed by atoms with Gasteiger partial charge in [0.15, 0.2) is 0 Å². The Morgan fingerprint density at radius 2 is 2.10 bits per heavy atom. The van der Waals surface area contributed by atoms with Gasteiger partial charge in [0, 0.05) is 36.2 Å². The van der Waals surface area contributed by atoms with Crippen molar-refractivity contribution >= 4 is 0 Å². The van der Waals surface area contributed by atoms with Crippen LogP contribution in [-0.4, -0.2) is 22.6 Å². The number of rotatable bonds is 5. The van der Waals surface area contributed by atoms with Gasteiger partial charge in [-0.15, -0.1) is 0 Å². The van der Waals surface area contributed by atoms with Crippen molar-refractivity contribution in [2.24, 2.45) is 0 Å². The van der Waals surface area contributed by atoms with E-state index < -0.39 is 0 Å². The van der Waals surface area contributed by atoms with Gasteiger partial charge in [0.05, 0.1) is 0 Å². The van der Waals surface area contributed by atoms with Crippen molar-refractivity contribution in [2.75, 3.05) is 6.54 Å². The predicted octanol–water partition coefficient (Wildman–Crippen LogP) is 3.12. The van der Waals surface area contributed by atoms with E-state index in [1.165, 1.54) is 36.1 Å². The zero-order chi connectivity index (χ0) is 14.5. The quantitative estimate of drug-likeness (QED) is 0.915. The van der Waals surface area contributed by atoms with Gasteiger partial charge in [-0.2, -0.15) is 0 Å². The molecule has 3 nitrogen and oxygen atoms in total. The highest BCUT2D eigenvalue weighted by atomic mass is 14.9. The van der Waals surface area contributed by atoms with E-state index in [2.05, 4.69) is 41.5 Å². The van der Waals surface area contributed by atoms with E-state index in [0.717, 1.165) is 13.0 Å². The summed E-state index contributed by atoms with van der Waals surface area (Å²) < 4.78 is 0. The highest BCUT2D eigenvalue weighted by Crippen LogP contribution is 2.33. The van der Waals surface area contributed by atoms with Gasteiger partial charge in [-0.3, -0.25) is 9.97 Å². The first-order chi connectivity index (χ1) is 10.4. The Morgan fingerprint density at radius 3 is 2.90 bits per heavy atom. The fourth-order valence-corrected chi connectivity index (χ4v) is 3.43. The molecule has 2 unspecified atom stereocenters. The standard InChI is InChI=1S/C18H23N3/c1-2-20-17(13-14-8-11-19-12-9-14)16-7-3-5-15-6-4-10-21-18(15)16/h4,6,8-12,16-17,20H,2-3,5,7,13H2,1H3. The molecule has 2 aromatic rings. The van der Waals surface area contributed by atoms with Crippen LogP contribution in [0.25, 0.3) is 0 Å². The monoisotopic (exact) mass is 281 g/mol. The Bertz CT molecular complexity index is 568. The van der Waals surface area contributed by atoms with Gasteiger partial charge in [0.2, 0.25) is 0 Å². The van der Waals surface area contributed by atoms with Gasteiger partial charge in [-0.1, -0.05) is 13.0 Å². The molecule has 110 valence electrons. The molecule has 0 aromatic carbocycles. The number of aromatic nitrogens is 2. The van der Waals surface area contributed by atoms with Crippen LogP contribution in [0.5, 0.6) is 0 Å². The molecule has 1 aliphatic carbocycles. The second kappa shape index (κ2) is 6.81. The van der Waals surface area contributed by atoms with Gasteiger partial charge >= 0.3 is 0 Å². The lowest BCUT2D eigenvalue weighted by molar-refractivity contribution is 0.388. The van der Waals surface area contributed by atoms with Crippen LogP contribution in [0.4, 0.5) is 0 Å². The molecule has 0 radical (unpaired) electrons. The molecule has 0 bridgehead atoms. The van der Waals surface area contributed by atoms with Crippen LogP contribution in [0.2, 0.25) is 0 Å². The van der Waals surface area contributed by atoms with Crippen LogP contribution in [0.15, 0.2) is 42.9 Å². The third kappa shape index (κ3) is 3.30. The largest absolute Gasteiger partial charge is 0.313 e. The molecule has 0 fully saturated rings. The summed E-state index contributed by atoms with van der Waals surface area (Å²) in [6.45, 7) is 3.18. The maximum Gasteiger partial charge on any atom is 0.0482 e. The van der Waals surface area contributed by atoms with Crippen LogP contribution in [0, 0.1) is 0 Å². The highest BCUT2D eigenvalue weighted by molar-refractivity contribution is 5.28. The lowest BCUT2D eigenvalue weighted by Crippen LogP contribution is -2.38. The summed E-state index contributed by atoms with van der Waals surface area (Å²) in [4.78, 5) is 8.81. The Morgan fingerprint density at radius 1 is 1.24 bits per heavy atom. The van der Waals surface area contributed by atoms with E-state index in [-0.39, 0.29) is 0 Å². The molecule has 21 heavy (non-hydrogen) atoms. The highest BCUT2D eigenvalue weighted by Gasteiger charge is 2.28. The van der Waals surface area contributed by atoms with Crippen LogP contribution in [-0.2, 0) is 12.8 Å². The van der Waals surface area contributed by atoms with Gasteiger partial charge in [-0.25, -0.2) is 0 Å². The fourth-order valence-electron chi connectivity index (χ4n) is 3.43. The molecule has 1 aliphatic rings. The van der Waals surface area contributed by atoms with Gasteiger partial charge in [-0.05, 0) is 61.6 Å². The summed E-state index contributed by atoms with van der Waals surface area (Å²) in [5, 5.41) is 3.68. The smallest absolute Gasteiger partial charge is 0.0482 e. The first-order valence-corrected chi connectivity index (χ1v) is 7.94. The molecule has 1 N–H and O–H groups in total. The molecule has 0 saturated heterocycles. The minimum atomic E-state index is 0.450. The number of nitrogens with one attached hydrogen (secondary N) is 1. The first kappa shape index (κ1) is 14.2. The maximum atomic E-state index is 4.69. The number of fused-ring (bicyclic) bond motifs is 1. The normalized spacial score (nSPS) is 19.0.